The fraction of sp³-hybridized carbons (Fsp3) is 0.273. The SMILES string of the molecule is COc1ccccc1CNC(=O)C(=O)NC[C@@H](c1cc2ccccc2o1)N(C)C. The van der Waals surface area contributed by atoms with E-state index < -0.39 is 11.8 Å². The van der Waals surface area contributed by atoms with E-state index in [9.17, 15) is 9.59 Å². The first kappa shape index (κ1) is 20.4. The lowest BCUT2D eigenvalue weighted by atomic mass is 10.2. The number of rotatable bonds is 7. The highest BCUT2D eigenvalue weighted by atomic mass is 16.5. The summed E-state index contributed by atoms with van der Waals surface area (Å²) in [6, 6.07) is 16.8. The van der Waals surface area contributed by atoms with Gasteiger partial charge in [0.2, 0.25) is 0 Å². The second-order valence-corrected chi connectivity index (χ2v) is 6.87. The lowest BCUT2D eigenvalue weighted by Crippen LogP contribution is -2.42. The molecule has 0 saturated heterocycles. The monoisotopic (exact) mass is 395 g/mol. The Bertz CT molecular complexity index is 963. The van der Waals surface area contributed by atoms with Gasteiger partial charge in [0.15, 0.2) is 0 Å². The summed E-state index contributed by atoms with van der Waals surface area (Å²) in [5.41, 5.74) is 1.58. The van der Waals surface area contributed by atoms with Gasteiger partial charge in [-0.25, -0.2) is 0 Å². The van der Waals surface area contributed by atoms with Crippen molar-refractivity contribution in [3.63, 3.8) is 0 Å². The molecule has 3 aromatic rings. The molecule has 0 radical (unpaired) electrons. The van der Waals surface area contributed by atoms with E-state index in [1.807, 2.05) is 67.5 Å². The summed E-state index contributed by atoms with van der Waals surface area (Å²) >= 11 is 0. The largest absolute Gasteiger partial charge is 0.496 e. The van der Waals surface area contributed by atoms with Crippen molar-refractivity contribution in [1.82, 2.24) is 15.5 Å². The number of carbonyl (C=O) groups excluding carboxylic acids is 2. The highest BCUT2D eigenvalue weighted by Gasteiger charge is 2.22. The molecule has 0 unspecified atom stereocenters. The lowest BCUT2D eigenvalue weighted by molar-refractivity contribution is -0.139. The van der Waals surface area contributed by atoms with Crippen LogP contribution in [0.4, 0.5) is 0 Å². The van der Waals surface area contributed by atoms with Gasteiger partial charge < -0.3 is 19.8 Å². The quantitative estimate of drug-likeness (QED) is 0.601. The summed E-state index contributed by atoms with van der Waals surface area (Å²) in [6.45, 7) is 0.449. The molecule has 0 fully saturated rings. The topological polar surface area (TPSA) is 83.8 Å². The number of likely N-dealkylation sites (N-methyl/N-ethyl adjacent to an activating group) is 1. The fourth-order valence-corrected chi connectivity index (χ4v) is 3.08. The number of furan rings is 1. The summed E-state index contributed by atoms with van der Waals surface area (Å²) in [7, 11) is 5.35. The number of carbonyl (C=O) groups is 2. The Morgan fingerprint density at radius 3 is 2.45 bits per heavy atom. The standard InChI is InChI=1S/C22H25N3O4/c1-25(2)17(20-12-15-8-4-7-11-19(15)29-20)14-24-22(27)21(26)23-13-16-9-5-6-10-18(16)28-3/h4-12,17H,13-14H2,1-3H3,(H,23,26)(H,24,27)/t17-/m0/s1. The van der Waals surface area contributed by atoms with Crippen LogP contribution < -0.4 is 15.4 Å². The number of amides is 2. The molecule has 0 aliphatic heterocycles. The zero-order valence-corrected chi connectivity index (χ0v) is 16.8. The zero-order valence-electron chi connectivity index (χ0n) is 16.8. The first-order chi connectivity index (χ1) is 14.0. The molecule has 2 aromatic carbocycles. The molecule has 1 aromatic heterocycles. The number of ether oxygens (including phenoxy) is 1. The Hall–Kier alpha value is -3.32. The second kappa shape index (κ2) is 9.25. The molecule has 3 rings (SSSR count). The maximum Gasteiger partial charge on any atom is 0.309 e. The van der Waals surface area contributed by atoms with Crippen LogP contribution in [0.3, 0.4) is 0 Å². The number of benzene rings is 2. The van der Waals surface area contributed by atoms with Crippen molar-refractivity contribution < 1.29 is 18.7 Å². The van der Waals surface area contributed by atoms with Crippen LogP contribution >= 0.6 is 0 Å². The summed E-state index contributed by atoms with van der Waals surface area (Å²) in [5.74, 6) is -0.00225. The van der Waals surface area contributed by atoms with Crippen molar-refractivity contribution in [2.24, 2.45) is 0 Å². The first-order valence-electron chi connectivity index (χ1n) is 9.32. The molecule has 0 aliphatic rings. The smallest absolute Gasteiger partial charge is 0.309 e. The van der Waals surface area contributed by atoms with Gasteiger partial charge in [0, 0.05) is 24.0 Å². The highest BCUT2D eigenvalue weighted by molar-refractivity contribution is 6.35. The van der Waals surface area contributed by atoms with Crippen LogP contribution in [0, 0.1) is 0 Å². The molecule has 2 N–H and O–H groups in total. The third-order valence-corrected chi connectivity index (χ3v) is 4.69. The van der Waals surface area contributed by atoms with Crippen LogP contribution in [-0.4, -0.2) is 44.5 Å². The third-order valence-electron chi connectivity index (χ3n) is 4.69. The van der Waals surface area contributed by atoms with Crippen LogP contribution in [0.5, 0.6) is 5.75 Å². The Kier molecular flexibility index (Phi) is 6.51. The number of hydrogen-bond acceptors (Lipinski definition) is 5. The summed E-state index contributed by atoms with van der Waals surface area (Å²) < 4.78 is 11.2. The molecule has 0 spiro atoms. The second-order valence-electron chi connectivity index (χ2n) is 6.87. The minimum atomic E-state index is -0.696. The Morgan fingerprint density at radius 1 is 1.03 bits per heavy atom. The predicted octanol–water partition coefficient (Wildman–Crippen LogP) is 2.48. The lowest BCUT2D eigenvalue weighted by Gasteiger charge is -2.22. The van der Waals surface area contributed by atoms with Crippen molar-refractivity contribution in [2.75, 3.05) is 27.7 Å². The van der Waals surface area contributed by atoms with Crippen LogP contribution in [0.2, 0.25) is 0 Å². The molecule has 1 atom stereocenters. The minimum absolute atomic E-state index is 0.201. The minimum Gasteiger partial charge on any atom is -0.496 e. The molecule has 7 nitrogen and oxygen atoms in total. The van der Waals surface area contributed by atoms with Crippen molar-refractivity contribution in [2.45, 2.75) is 12.6 Å². The maximum atomic E-state index is 12.2. The van der Waals surface area contributed by atoms with Gasteiger partial charge >= 0.3 is 11.8 Å². The number of nitrogens with one attached hydrogen (secondary N) is 2. The van der Waals surface area contributed by atoms with Gasteiger partial charge in [0.25, 0.3) is 0 Å². The summed E-state index contributed by atoms with van der Waals surface area (Å²) in [5, 5.41) is 6.30. The number of para-hydroxylation sites is 2. The van der Waals surface area contributed by atoms with Gasteiger partial charge in [0.1, 0.15) is 17.1 Å². The Labute approximate surface area is 169 Å². The van der Waals surface area contributed by atoms with Crippen LogP contribution in [0.15, 0.2) is 59.0 Å². The molecule has 2 amide bonds. The van der Waals surface area contributed by atoms with Crippen LogP contribution in [0.25, 0.3) is 11.0 Å². The number of methoxy groups -OCH3 is 1. The zero-order chi connectivity index (χ0) is 20.8. The fourth-order valence-electron chi connectivity index (χ4n) is 3.08. The van der Waals surface area contributed by atoms with Crippen molar-refractivity contribution in [1.29, 1.82) is 0 Å². The van der Waals surface area contributed by atoms with Crippen molar-refractivity contribution in [3.8, 4) is 5.75 Å². The number of fused-ring (bicyclic) bond motifs is 1. The van der Waals surface area contributed by atoms with Crippen molar-refractivity contribution in [3.05, 3.63) is 65.9 Å². The molecule has 0 aliphatic carbocycles. The van der Waals surface area contributed by atoms with E-state index in [2.05, 4.69) is 10.6 Å². The first-order valence-corrected chi connectivity index (χ1v) is 9.32. The van der Waals surface area contributed by atoms with Gasteiger partial charge in [-0.3, -0.25) is 14.5 Å². The molecule has 29 heavy (non-hydrogen) atoms. The van der Waals surface area contributed by atoms with Crippen LogP contribution in [-0.2, 0) is 16.1 Å². The third kappa shape index (κ3) is 4.94. The molecule has 7 heteroatoms. The van der Waals surface area contributed by atoms with E-state index >= 15 is 0 Å². The van der Waals surface area contributed by atoms with E-state index in [1.165, 1.54) is 0 Å². The molecule has 0 saturated carbocycles. The van der Waals surface area contributed by atoms with E-state index in [0.29, 0.717) is 5.75 Å². The van der Waals surface area contributed by atoms with E-state index in [0.717, 1.165) is 22.3 Å². The Balaban J connectivity index is 1.59. The average molecular weight is 395 g/mol. The highest BCUT2D eigenvalue weighted by Crippen LogP contribution is 2.26. The normalized spacial score (nSPS) is 12.0. The molecular weight excluding hydrogens is 370 g/mol. The van der Waals surface area contributed by atoms with Gasteiger partial charge in [-0.2, -0.15) is 0 Å². The van der Waals surface area contributed by atoms with E-state index in [4.69, 9.17) is 9.15 Å². The Morgan fingerprint density at radius 2 is 1.72 bits per heavy atom. The van der Waals surface area contributed by atoms with E-state index in [-0.39, 0.29) is 19.1 Å². The van der Waals surface area contributed by atoms with Gasteiger partial charge in [-0.1, -0.05) is 36.4 Å². The molecule has 0 bridgehead atoms. The summed E-state index contributed by atoms with van der Waals surface area (Å²) in [4.78, 5) is 26.4. The van der Waals surface area contributed by atoms with Gasteiger partial charge in [-0.15, -0.1) is 0 Å². The van der Waals surface area contributed by atoms with Gasteiger partial charge in [-0.05, 0) is 32.3 Å². The predicted molar refractivity (Wildman–Crippen MR) is 110 cm³/mol. The molecular formula is C22H25N3O4. The average Bonchev–Trinajstić information content (AvgIpc) is 3.15. The summed E-state index contributed by atoms with van der Waals surface area (Å²) in [6.07, 6.45) is 0. The van der Waals surface area contributed by atoms with Crippen LogP contribution in [0.1, 0.15) is 17.4 Å². The van der Waals surface area contributed by atoms with E-state index in [1.54, 1.807) is 13.2 Å². The van der Waals surface area contributed by atoms with Gasteiger partial charge in [0.05, 0.1) is 13.2 Å². The number of hydrogen-bond donors (Lipinski definition) is 2. The van der Waals surface area contributed by atoms with Crippen molar-refractivity contribution >= 4 is 22.8 Å². The molecule has 152 valence electrons. The molecule has 1 heterocycles. The number of nitrogens with zero attached hydrogens (tertiary/aromatic N) is 1. The maximum absolute atomic E-state index is 12.2.